The van der Waals surface area contributed by atoms with Crippen molar-refractivity contribution in [2.45, 2.75) is 26.4 Å². The van der Waals surface area contributed by atoms with Crippen LogP contribution < -0.4 is 0 Å². The topological polar surface area (TPSA) is 65.5 Å². The third-order valence-electron chi connectivity index (χ3n) is 4.73. The van der Waals surface area contributed by atoms with Crippen LogP contribution in [0.4, 0.5) is 0 Å². The number of ether oxygens (including phenoxy) is 2. The highest BCUT2D eigenvalue weighted by Gasteiger charge is 2.31. The zero-order valence-corrected chi connectivity index (χ0v) is 15.2. The van der Waals surface area contributed by atoms with Crippen LogP contribution in [0, 0.1) is 13.8 Å². The van der Waals surface area contributed by atoms with Crippen LogP contribution in [0.1, 0.15) is 27.9 Å². The van der Waals surface area contributed by atoms with Gasteiger partial charge in [-0.2, -0.15) is 0 Å². The van der Waals surface area contributed by atoms with Crippen LogP contribution in [0.2, 0.25) is 0 Å². The minimum atomic E-state index is -0.839. The van der Waals surface area contributed by atoms with E-state index in [2.05, 4.69) is 6.07 Å². The molecule has 4 rings (SSSR count). The number of rotatable bonds is 3. The SMILES string of the molecule is Cc1ccc(-c2cc(C(=O)O[C@@H]3CCOC3=O)c3ccccc3n2)c(C)c1. The zero-order valence-electron chi connectivity index (χ0n) is 15.2. The molecular formula is C22H19NO4. The lowest BCUT2D eigenvalue weighted by Crippen LogP contribution is -2.23. The summed E-state index contributed by atoms with van der Waals surface area (Å²) >= 11 is 0. The van der Waals surface area contributed by atoms with Crippen LogP contribution in [0.15, 0.2) is 48.5 Å². The van der Waals surface area contributed by atoms with Gasteiger partial charge in [0.2, 0.25) is 6.10 Å². The van der Waals surface area contributed by atoms with Crippen molar-refractivity contribution in [3.8, 4) is 11.3 Å². The Hall–Kier alpha value is -3.21. The van der Waals surface area contributed by atoms with Gasteiger partial charge in [0, 0.05) is 17.4 Å². The third-order valence-corrected chi connectivity index (χ3v) is 4.73. The van der Waals surface area contributed by atoms with Crippen molar-refractivity contribution in [1.82, 2.24) is 4.98 Å². The van der Waals surface area contributed by atoms with Crippen LogP contribution >= 0.6 is 0 Å². The van der Waals surface area contributed by atoms with E-state index in [-0.39, 0.29) is 6.61 Å². The van der Waals surface area contributed by atoms with Crippen LogP contribution in [0.3, 0.4) is 0 Å². The molecular weight excluding hydrogens is 342 g/mol. The van der Waals surface area contributed by atoms with Crippen molar-refractivity contribution >= 4 is 22.8 Å². The minimum Gasteiger partial charge on any atom is -0.463 e. The maximum Gasteiger partial charge on any atom is 0.347 e. The van der Waals surface area contributed by atoms with Gasteiger partial charge in [-0.1, -0.05) is 42.0 Å². The largest absolute Gasteiger partial charge is 0.463 e. The van der Waals surface area contributed by atoms with Crippen LogP contribution in [0.5, 0.6) is 0 Å². The number of aryl methyl sites for hydroxylation is 2. The van der Waals surface area contributed by atoms with E-state index >= 15 is 0 Å². The number of pyridine rings is 1. The summed E-state index contributed by atoms with van der Waals surface area (Å²) in [5, 5.41) is 0.697. The molecule has 1 aromatic heterocycles. The molecule has 0 bridgehead atoms. The Morgan fingerprint density at radius 3 is 2.70 bits per heavy atom. The van der Waals surface area contributed by atoms with Crippen molar-refractivity contribution in [3.05, 3.63) is 65.2 Å². The Kier molecular flexibility index (Phi) is 4.36. The van der Waals surface area contributed by atoms with E-state index in [1.165, 1.54) is 0 Å². The van der Waals surface area contributed by atoms with Crippen molar-refractivity contribution in [3.63, 3.8) is 0 Å². The number of cyclic esters (lactones) is 1. The molecule has 0 aliphatic carbocycles. The Morgan fingerprint density at radius 2 is 1.96 bits per heavy atom. The van der Waals surface area contributed by atoms with E-state index in [0.29, 0.717) is 28.6 Å². The van der Waals surface area contributed by atoms with Crippen molar-refractivity contribution < 1.29 is 19.1 Å². The Labute approximate surface area is 156 Å². The van der Waals surface area contributed by atoms with E-state index in [9.17, 15) is 9.59 Å². The highest BCUT2D eigenvalue weighted by molar-refractivity contribution is 6.05. The van der Waals surface area contributed by atoms with Gasteiger partial charge in [0.1, 0.15) is 0 Å². The number of carbonyl (C=O) groups is 2. The van der Waals surface area contributed by atoms with E-state index in [1.54, 1.807) is 6.07 Å². The van der Waals surface area contributed by atoms with Gasteiger partial charge < -0.3 is 9.47 Å². The molecule has 1 atom stereocenters. The molecule has 2 heterocycles. The number of hydrogen-bond donors (Lipinski definition) is 0. The second-order valence-corrected chi connectivity index (χ2v) is 6.74. The summed E-state index contributed by atoms with van der Waals surface area (Å²) in [6, 6.07) is 15.3. The molecule has 136 valence electrons. The molecule has 1 fully saturated rings. The molecule has 5 nitrogen and oxygen atoms in total. The van der Waals surface area contributed by atoms with Gasteiger partial charge >= 0.3 is 11.9 Å². The normalized spacial score (nSPS) is 16.4. The molecule has 0 N–H and O–H groups in total. The molecule has 5 heteroatoms. The molecule has 1 aliphatic heterocycles. The molecule has 0 spiro atoms. The number of nitrogens with zero attached hydrogens (tertiary/aromatic N) is 1. The van der Waals surface area contributed by atoms with E-state index in [4.69, 9.17) is 14.5 Å². The highest BCUT2D eigenvalue weighted by Crippen LogP contribution is 2.28. The monoisotopic (exact) mass is 361 g/mol. The number of benzene rings is 2. The van der Waals surface area contributed by atoms with Gasteiger partial charge in [-0.05, 0) is 31.5 Å². The maximum absolute atomic E-state index is 12.8. The smallest absolute Gasteiger partial charge is 0.347 e. The second-order valence-electron chi connectivity index (χ2n) is 6.74. The Balaban J connectivity index is 1.81. The fourth-order valence-corrected chi connectivity index (χ4v) is 3.36. The molecule has 0 unspecified atom stereocenters. The molecule has 0 amide bonds. The zero-order chi connectivity index (χ0) is 19.0. The number of esters is 2. The molecule has 0 saturated carbocycles. The van der Waals surface area contributed by atoms with Gasteiger partial charge in [0.05, 0.1) is 23.4 Å². The average Bonchev–Trinajstić information content (AvgIpc) is 3.05. The summed E-state index contributed by atoms with van der Waals surface area (Å²) in [5.41, 5.74) is 5.01. The van der Waals surface area contributed by atoms with Gasteiger partial charge in [-0.25, -0.2) is 14.6 Å². The van der Waals surface area contributed by atoms with Gasteiger partial charge in [-0.3, -0.25) is 0 Å². The third kappa shape index (κ3) is 3.28. The van der Waals surface area contributed by atoms with Gasteiger partial charge in [0.15, 0.2) is 0 Å². The molecule has 2 aromatic carbocycles. The summed E-state index contributed by atoms with van der Waals surface area (Å²) < 4.78 is 10.3. The van der Waals surface area contributed by atoms with Crippen molar-refractivity contribution in [2.24, 2.45) is 0 Å². The van der Waals surface area contributed by atoms with E-state index in [1.807, 2.05) is 50.2 Å². The average molecular weight is 361 g/mol. The molecule has 1 aliphatic rings. The fourth-order valence-electron chi connectivity index (χ4n) is 3.36. The minimum absolute atomic E-state index is 0.279. The molecule has 0 radical (unpaired) electrons. The molecule has 1 saturated heterocycles. The highest BCUT2D eigenvalue weighted by atomic mass is 16.6. The number of para-hydroxylation sites is 1. The first-order valence-electron chi connectivity index (χ1n) is 8.88. The van der Waals surface area contributed by atoms with Crippen LogP contribution in [-0.4, -0.2) is 29.6 Å². The quantitative estimate of drug-likeness (QED) is 0.660. The number of carbonyl (C=O) groups excluding carboxylic acids is 2. The molecule has 3 aromatic rings. The van der Waals surface area contributed by atoms with Crippen molar-refractivity contribution in [1.29, 1.82) is 0 Å². The lowest BCUT2D eigenvalue weighted by Gasteiger charge is -2.13. The van der Waals surface area contributed by atoms with Gasteiger partial charge in [-0.15, -0.1) is 0 Å². The first-order valence-corrected chi connectivity index (χ1v) is 8.88. The van der Waals surface area contributed by atoms with Gasteiger partial charge in [0.25, 0.3) is 0 Å². The van der Waals surface area contributed by atoms with E-state index < -0.39 is 18.0 Å². The van der Waals surface area contributed by atoms with Crippen LogP contribution in [0.25, 0.3) is 22.2 Å². The number of hydrogen-bond acceptors (Lipinski definition) is 5. The Morgan fingerprint density at radius 1 is 1.15 bits per heavy atom. The summed E-state index contributed by atoms with van der Waals surface area (Å²) in [4.78, 5) is 29.2. The van der Waals surface area contributed by atoms with Crippen molar-refractivity contribution in [2.75, 3.05) is 6.61 Å². The lowest BCUT2D eigenvalue weighted by molar-refractivity contribution is -0.145. The predicted molar refractivity (Wildman–Crippen MR) is 101 cm³/mol. The van der Waals surface area contributed by atoms with Crippen LogP contribution in [-0.2, 0) is 14.3 Å². The standard InChI is InChI=1S/C22H19NO4/c1-13-7-8-15(14(2)11-13)19-12-17(16-5-3-4-6-18(16)23-19)21(24)27-20-9-10-26-22(20)25/h3-8,11-12,20H,9-10H2,1-2H3/t20-/m1/s1. The summed E-state index contributed by atoms with van der Waals surface area (Å²) in [6.45, 7) is 4.33. The molecule has 27 heavy (non-hydrogen) atoms. The Bertz CT molecular complexity index is 1060. The summed E-state index contributed by atoms with van der Waals surface area (Å²) in [6.07, 6.45) is -0.452. The summed E-state index contributed by atoms with van der Waals surface area (Å²) in [5.74, 6) is -1.03. The first-order chi connectivity index (χ1) is 13.0. The fraction of sp³-hybridized carbons (Fsp3) is 0.227. The second kappa shape index (κ2) is 6.83. The maximum atomic E-state index is 12.8. The first kappa shape index (κ1) is 17.2. The summed E-state index contributed by atoms with van der Waals surface area (Å²) in [7, 11) is 0. The lowest BCUT2D eigenvalue weighted by atomic mass is 9.99. The number of fused-ring (bicyclic) bond motifs is 1. The predicted octanol–water partition coefficient (Wildman–Crippen LogP) is 3.99. The number of aromatic nitrogens is 1. The van der Waals surface area contributed by atoms with E-state index in [0.717, 1.165) is 16.7 Å².